The van der Waals surface area contributed by atoms with E-state index in [2.05, 4.69) is 74.6 Å². The summed E-state index contributed by atoms with van der Waals surface area (Å²) in [5.74, 6) is 1.98. The third kappa shape index (κ3) is 5.79. The first kappa shape index (κ1) is 22.1. The van der Waals surface area contributed by atoms with Gasteiger partial charge in [-0.1, -0.05) is 30.3 Å². The van der Waals surface area contributed by atoms with Crippen LogP contribution < -0.4 is 0 Å². The van der Waals surface area contributed by atoms with Crippen molar-refractivity contribution >= 4 is 5.91 Å². The maximum absolute atomic E-state index is 12.7. The summed E-state index contributed by atoms with van der Waals surface area (Å²) >= 11 is 0. The van der Waals surface area contributed by atoms with E-state index in [9.17, 15) is 4.79 Å². The van der Waals surface area contributed by atoms with Gasteiger partial charge in [-0.2, -0.15) is 5.10 Å². The lowest BCUT2D eigenvalue weighted by Crippen LogP contribution is -2.46. The fourth-order valence-corrected chi connectivity index (χ4v) is 4.68. The fraction of sp³-hybridized carbons (Fsp3) is 0.440. The quantitative estimate of drug-likeness (QED) is 0.592. The van der Waals surface area contributed by atoms with Gasteiger partial charge in [0.1, 0.15) is 5.82 Å². The average molecular weight is 433 g/mol. The van der Waals surface area contributed by atoms with Crippen molar-refractivity contribution in [3.63, 3.8) is 0 Å². The van der Waals surface area contributed by atoms with E-state index < -0.39 is 0 Å². The van der Waals surface area contributed by atoms with E-state index in [1.165, 1.54) is 11.1 Å². The summed E-state index contributed by atoms with van der Waals surface area (Å²) in [4.78, 5) is 25.6. The van der Waals surface area contributed by atoms with E-state index in [1.54, 1.807) is 0 Å². The highest BCUT2D eigenvalue weighted by Crippen LogP contribution is 2.27. The second-order valence-corrected chi connectivity index (χ2v) is 8.76. The lowest BCUT2D eigenvalue weighted by molar-refractivity contribution is -0.132. The van der Waals surface area contributed by atoms with Crippen molar-refractivity contribution in [2.45, 2.75) is 45.2 Å². The lowest BCUT2D eigenvalue weighted by Gasteiger charge is -2.40. The van der Waals surface area contributed by atoms with Crippen LogP contribution in [0.1, 0.15) is 35.6 Å². The van der Waals surface area contributed by atoms with Crippen LogP contribution in [-0.4, -0.2) is 62.1 Å². The minimum Gasteiger partial charge on any atom is -0.342 e. The van der Waals surface area contributed by atoms with Gasteiger partial charge in [-0.3, -0.25) is 19.8 Å². The molecule has 1 fully saturated rings. The zero-order valence-corrected chi connectivity index (χ0v) is 18.9. The molecule has 3 aromatic rings. The van der Waals surface area contributed by atoms with Gasteiger partial charge in [0.2, 0.25) is 5.91 Å². The Hall–Kier alpha value is -3.06. The number of benzene rings is 1. The van der Waals surface area contributed by atoms with Gasteiger partial charge in [-0.15, -0.1) is 0 Å². The monoisotopic (exact) mass is 432 g/mol. The summed E-state index contributed by atoms with van der Waals surface area (Å²) in [6.45, 7) is 4.33. The van der Waals surface area contributed by atoms with Crippen molar-refractivity contribution in [2.24, 2.45) is 5.92 Å². The van der Waals surface area contributed by atoms with E-state index in [-0.39, 0.29) is 12.3 Å². The number of nitrogens with one attached hydrogen (secondary N) is 1. The molecule has 0 radical (unpaired) electrons. The highest BCUT2D eigenvalue weighted by atomic mass is 16.2. The Kier molecular flexibility index (Phi) is 7.27. The zero-order valence-electron chi connectivity index (χ0n) is 18.9. The minimum absolute atomic E-state index is 0.118. The van der Waals surface area contributed by atoms with Crippen molar-refractivity contribution in [3.05, 3.63) is 77.6 Å². The average Bonchev–Trinajstić information content (AvgIpc) is 3.23. The number of aromatic nitrogens is 4. The van der Waals surface area contributed by atoms with Crippen LogP contribution in [0.2, 0.25) is 0 Å². The van der Waals surface area contributed by atoms with E-state index in [4.69, 9.17) is 0 Å². The van der Waals surface area contributed by atoms with Gasteiger partial charge in [0.05, 0.1) is 6.42 Å². The molecule has 7 nitrogen and oxygen atoms in total. The molecule has 4 rings (SSSR count). The van der Waals surface area contributed by atoms with E-state index in [1.807, 2.05) is 24.2 Å². The maximum atomic E-state index is 12.7. The van der Waals surface area contributed by atoms with Crippen molar-refractivity contribution in [1.29, 1.82) is 0 Å². The highest BCUT2D eigenvalue weighted by molar-refractivity contribution is 5.78. The number of aryl methyl sites for hydroxylation is 1. The molecule has 0 saturated carbocycles. The molecule has 1 aliphatic rings. The number of H-pyrrole nitrogens is 1. The first-order chi connectivity index (χ1) is 15.6. The van der Waals surface area contributed by atoms with Crippen LogP contribution >= 0.6 is 0 Å². The fourth-order valence-electron chi connectivity index (χ4n) is 4.68. The Bertz CT molecular complexity index is 982. The molecule has 3 heterocycles. The van der Waals surface area contributed by atoms with Gasteiger partial charge >= 0.3 is 0 Å². The molecule has 1 aliphatic heterocycles. The molecule has 1 unspecified atom stereocenters. The summed E-state index contributed by atoms with van der Waals surface area (Å²) < 4.78 is 0. The summed E-state index contributed by atoms with van der Waals surface area (Å²) in [6, 6.07) is 15.3. The molecular weight excluding hydrogens is 400 g/mol. The molecule has 1 N–H and O–H groups in total. The number of likely N-dealkylation sites (N-methyl/N-ethyl adjacent to an activating group) is 1. The normalized spacial score (nSPS) is 15.8. The van der Waals surface area contributed by atoms with Crippen LogP contribution in [0.5, 0.6) is 0 Å². The molecule has 0 spiro atoms. The first-order valence-electron chi connectivity index (χ1n) is 11.4. The lowest BCUT2D eigenvalue weighted by atomic mass is 9.84. The molecule has 32 heavy (non-hydrogen) atoms. The van der Waals surface area contributed by atoms with Crippen molar-refractivity contribution in [1.82, 2.24) is 30.0 Å². The molecule has 7 heteroatoms. The summed E-state index contributed by atoms with van der Waals surface area (Å²) in [6.07, 6.45) is 7.01. The number of aromatic amines is 1. The highest BCUT2D eigenvalue weighted by Gasteiger charge is 2.31. The zero-order chi connectivity index (χ0) is 22.3. The largest absolute Gasteiger partial charge is 0.342 e. The Morgan fingerprint density at radius 3 is 2.50 bits per heavy atom. The smallest absolute Gasteiger partial charge is 0.230 e. The Morgan fingerprint density at radius 2 is 1.84 bits per heavy atom. The number of hydrogen-bond donors (Lipinski definition) is 1. The second kappa shape index (κ2) is 10.5. The number of amides is 1. The molecule has 2 aromatic heterocycles. The Labute approximate surface area is 189 Å². The van der Waals surface area contributed by atoms with Crippen LogP contribution in [0, 0.1) is 12.8 Å². The number of nitrogens with zero attached hydrogens (tertiary/aromatic N) is 5. The van der Waals surface area contributed by atoms with E-state index in [0.717, 1.165) is 44.7 Å². The van der Waals surface area contributed by atoms with Crippen molar-refractivity contribution < 1.29 is 4.79 Å². The van der Waals surface area contributed by atoms with Gasteiger partial charge in [0.15, 0.2) is 5.82 Å². The van der Waals surface area contributed by atoms with Gasteiger partial charge < -0.3 is 4.90 Å². The van der Waals surface area contributed by atoms with Crippen LogP contribution in [0.15, 0.2) is 54.9 Å². The SMILES string of the molecule is Cc1nc(CC(=O)N2CCC(C(Cc3ccccc3)N(C)Cc3ccncc3)CC2)n[nH]1. The third-order valence-electron chi connectivity index (χ3n) is 6.42. The topological polar surface area (TPSA) is 78.0 Å². The number of carbonyl (C=O) groups excluding carboxylic acids is 1. The Morgan fingerprint density at radius 1 is 1.12 bits per heavy atom. The second-order valence-electron chi connectivity index (χ2n) is 8.76. The van der Waals surface area contributed by atoms with E-state index in [0.29, 0.717) is 17.8 Å². The predicted molar refractivity (Wildman–Crippen MR) is 124 cm³/mol. The molecule has 0 aliphatic carbocycles. The number of rotatable bonds is 8. The van der Waals surface area contributed by atoms with Gasteiger partial charge in [-0.25, -0.2) is 4.98 Å². The van der Waals surface area contributed by atoms with Gasteiger partial charge in [-0.05, 0) is 62.4 Å². The molecule has 0 bridgehead atoms. The number of hydrogen-bond acceptors (Lipinski definition) is 5. The number of carbonyl (C=O) groups is 1. The summed E-state index contributed by atoms with van der Waals surface area (Å²) in [5.41, 5.74) is 2.63. The standard InChI is InChI=1S/C25H32N6O/c1-19-27-24(29-28-19)17-25(32)31-14-10-22(11-15-31)23(16-20-6-4-3-5-7-20)30(2)18-21-8-12-26-13-9-21/h3-9,12-13,22-23H,10-11,14-18H2,1-2H3,(H,27,28,29). The number of likely N-dealkylation sites (tertiary alicyclic amines) is 1. The predicted octanol–water partition coefficient (Wildman–Crippen LogP) is 3.03. The Balaban J connectivity index is 1.40. The maximum Gasteiger partial charge on any atom is 0.230 e. The number of pyridine rings is 1. The third-order valence-corrected chi connectivity index (χ3v) is 6.42. The molecule has 1 amide bonds. The van der Waals surface area contributed by atoms with Gasteiger partial charge in [0.25, 0.3) is 0 Å². The van der Waals surface area contributed by atoms with E-state index >= 15 is 0 Å². The van der Waals surface area contributed by atoms with Crippen molar-refractivity contribution in [3.8, 4) is 0 Å². The molecule has 1 saturated heterocycles. The number of piperidine rings is 1. The molecule has 1 aromatic carbocycles. The molecular formula is C25H32N6O. The van der Waals surface area contributed by atoms with Crippen LogP contribution in [0.3, 0.4) is 0 Å². The molecule has 168 valence electrons. The minimum atomic E-state index is 0.118. The van der Waals surface area contributed by atoms with Crippen LogP contribution in [0.4, 0.5) is 0 Å². The molecule has 1 atom stereocenters. The first-order valence-corrected chi connectivity index (χ1v) is 11.4. The summed E-state index contributed by atoms with van der Waals surface area (Å²) in [5, 5.41) is 6.92. The summed E-state index contributed by atoms with van der Waals surface area (Å²) in [7, 11) is 2.22. The van der Waals surface area contributed by atoms with Crippen LogP contribution in [-0.2, 0) is 24.2 Å². The van der Waals surface area contributed by atoms with Gasteiger partial charge in [0, 0.05) is 38.1 Å². The van der Waals surface area contributed by atoms with Crippen molar-refractivity contribution in [2.75, 3.05) is 20.1 Å². The van der Waals surface area contributed by atoms with Crippen LogP contribution in [0.25, 0.3) is 0 Å².